The second-order valence-electron chi connectivity index (χ2n) is 12.3. The molecular weight excluding hydrogens is 563 g/mol. The SMILES string of the molecule is CCN1C(=O)[C@@H](NC(=O)c2cccc(C(F)(F)F)c2)[C@@H](C2CC2)c2c(C(=O)N3[C@H](C)CC[C@@H]3C)nn(C3CCOCC3)c21. The molecule has 3 amide bonds. The number of alkyl halides is 3. The number of likely N-dealkylation sites (N-methyl/N-ethyl adjacent to an activating group) is 1. The lowest BCUT2D eigenvalue weighted by Gasteiger charge is -2.39. The van der Waals surface area contributed by atoms with Crippen molar-refractivity contribution in [2.24, 2.45) is 5.92 Å². The zero-order valence-corrected chi connectivity index (χ0v) is 24.7. The van der Waals surface area contributed by atoms with Gasteiger partial charge in [0.1, 0.15) is 11.9 Å². The number of anilines is 1. The fraction of sp³-hybridized carbons (Fsp3) is 0.613. The Labute approximate surface area is 248 Å². The lowest BCUT2D eigenvalue weighted by Crippen LogP contribution is -2.56. The van der Waals surface area contributed by atoms with Crippen LogP contribution in [0.5, 0.6) is 0 Å². The highest BCUT2D eigenvalue weighted by Crippen LogP contribution is 2.52. The van der Waals surface area contributed by atoms with Gasteiger partial charge in [0.2, 0.25) is 0 Å². The molecule has 4 heterocycles. The van der Waals surface area contributed by atoms with Crippen LogP contribution in [0.1, 0.15) is 103 Å². The first-order chi connectivity index (χ1) is 20.5. The molecule has 1 aromatic carbocycles. The van der Waals surface area contributed by atoms with E-state index in [9.17, 15) is 27.6 Å². The van der Waals surface area contributed by atoms with Gasteiger partial charge in [0.15, 0.2) is 5.69 Å². The van der Waals surface area contributed by atoms with Gasteiger partial charge in [0.25, 0.3) is 17.7 Å². The van der Waals surface area contributed by atoms with Crippen LogP contribution in [-0.4, -0.2) is 70.3 Å². The summed E-state index contributed by atoms with van der Waals surface area (Å²) in [6, 6.07) is 3.16. The highest BCUT2D eigenvalue weighted by atomic mass is 19.4. The molecule has 4 atom stereocenters. The highest BCUT2D eigenvalue weighted by molar-refractivity contribution is 6.07. The minimum absolute atomic E-state index is 0.0285. The monoisotopic (exact) mass is 601 g/mol. The van der Waals surface area contributed by atoms with Gasteiger partial charge in [-0.25, -0.2) is 4.68 Å². The molecule has 4 aliphatic rings. The fourth-order valence-electron chi connectivity index (χ4n) is 7.15. The van der Waals surface area contributed by atoms with Gasteiger partial charge in [0.05, 0.1) is 11.6 Å². The molecule has 3 aliphatic heterocycles. The Morgan fingerprint density at radius 2 is 1.72 bits per heavy atom. The largest absolute Gasteiger partial charge is 0.416 e. The fourth-order valence-corrected chi connectivity index (χ4v) is 7.15. The topological polar surface area (TPSA) is 96.8 Å². The van der Waals surface area contributed by atoms with E-state index in [4.69, 9.17) is 9.84 Å². The van der Waals surface area contributed by atoms with E-state index in [1.807, 2.05) is 30.4 Å². The van der Waals surface area contributed by atoms with Crippen molar-refractivity contribution in [3.05, 3.63) is 46.6 Å². The second-order valence-corrected chi connectivity index (χ2v) is 12.3. The van der Waals surface area contributed by atoms with Crippen molar-refractivity contribution in [3.8, 4) is 0 Å². The van der Waals surface area contributed by atoms with Gasteiger partial charge in [-0.15, -0.1) is 0 Å². The summed E-state index contributed by atoms with van der Waals surface area (Å²) < 4.78 is 47.6. The average Bonchev–Trinajstić information content (AvgIpc) is 3.67. The Balaban J connectivity index is 1.45. The predicted molar refractivity (Wildman–Crippen MR) is 152 cm³/mol. The van der Waals surface area contributed by atoms with E-state index in [0.29, 0.717) is 43.1 Å². The molecule has 1 saturated carbocycles. The van der Waals surface area contributed by atoms with Crippen LogP contribution in [0.15, 0.2) is 24.3 Å². The lowest BCUT2D eigenvalue weighted by atomic mass is 9.82. The number of rotatable bonds is 6. The number of fused-ring (bicyclic) bond motifs is 1. The van der Waals surface area contributed by atoms with Gasteiger partial charge >= 0.3 is 6.18 Å². The molecule has 1 aliphatic carbocycles. The van der Waals surface area contributed by atoms with Crippen LogP contribution in [0.2, 0.25) is 0 Å². The Kier molecular flexibility index (Phi) is 7.76. The van der Waals surface area contributed by atoms with Crippen molar-refractivity contribution < 1.29 is 32.3 Å². The van der Waals surface area contributed by atoms with E-state index in [1.54, 1.807) is 4.90 Å². The van der Waals surface area contributed by atoms with E-state index in [2.05, 4.69) is 5.32 Å². The number of hydrogen-bond donors (Lipinski definition) is 1. The van der Waals surface area contributed by atoms with E-state index >= 15 is 0 Å². The van der Waals surface area contributed by atoms with Gasteiger partial charge in [0, 0.05) is 48.9 Å². The van der Waals surface area contributed by atoms with Crippen LogP contribution in [0.4, 0.5) is 19.0 Å². The molecule has 0 bridgehead atoms. The summed E-state index contributed by atoms with van der Waals surface area (Å²) in [5, 5.41) is 7.77. The number of carbonyl (C=O) groups excluding carboxylic acids is 3. The molecule has 1 N–H and O–H groups in total. The quantitative estimate of drug-likeness (QED) is 0.507. The van der Waals surface area contributed by atoms with Gasteiger partial charge in [-0.2, -0.15) is 18.3 Å². The number of likely N-dealkylation sites (tertiary alicyclic amines) is 1. The standard InChI is InChI=1S/C31H38F3N5O4/c1-4-37-28-24(26(30(42)38-17(2)8-9-18(38)3)36-39(28)22-12-14-43-15-13-22)23(19-10-11-19)25(29(37)41)35-27(40)20-6-5-7-21(16-20)31(32,33)34/h5-7,16-19,22-23,25H,4,8-15H2,1-3H3,(H,35,40)/t17-,18+,23-,25-/m0/s1. The zero-order chi connectivity index (χ0) is 30.6. The summed E-state index contributed by atoms with van der Waals surface area (Å²) >= 11 is 0. The molecule has 2 aromatic rings. The summed E-state index contributed by atoms with van der Waals surface area (Å²) in [4.78, 5) is 45.4. The molecule has 0 radical (unpaired) electrons. The molecule has 3 fully saturated rings. The van der Waals surface area contributed by atoms with Crippen molar-refractivity contribution in [1.82, 2.24) is 20.0 Å². The minimum atomic E-state index is -4.61. The van der Waals surface area contributed by atoms with E-state index < -0.39 is 29.6 Å². The normalized spacial score (nSPS) is 26.5. The molecule has 6 rings (SSSR count). The molecule has 1 aromatic heterocycles. The predicted octanol–water partition coefficient (Wildman–Crippen LogP) is 4.93. The third-order valence-electron chi connectivity index (χ3n) is 9.51. The Morgan fingerprint density at radius 1 is 1.05 bits per heavy atom. The summed E-state index contributed by atoms with van der Waals surface area (Å²) in [6.45, 7) is 7.26. The molecule has 2 saturated heterocycles. The van der Waals surface area contributed by atoms with Crippen molar-refractivity contribution in [2.45, 2.75) is 95.6 Å². The third-order valence-corrected chi connectivity index (χ3v) is 9.51. The number of amides is 3. The Bertz CT molecular complexity index is 1400. The number of aromatic nitrogens is 2. The summed E-state index contributed by atoms with van der Waals surface area (Å²) in [5.41, 5.74) is -0.143. The van der Waals surface area contributed by atoms with Crippen LogP contribution in [-0.2, 0) is 15.7 Å². The number of benzene rings is 1. The minimum Gasteiger partial charge on any atom is -0.381 e. The maximum absolute atomic E-state index is 14.3. The summed E-state index contributed by atoms with van der Waals surface area (Å²) in [7, 11) is 0. The Hall–Kier alpha value is -3.41. The maximum Gasteiger partial charge on any atom is 0.416 e. The zero-order valence-electron chi connectivity index (χ0n) is 24.7. The smallest absolute Gasteiger partial charge is 0.381 e. The van der Waals surface area contributed by atoms with Crippen molar-refractivity contribution >= 4 is 23.5 Å². The summed E-state index contributed by atoms with van der Waals surface area (Å²) in [6.07, 6.45) is 0.160. The molecule has 12 heteroatoms. The first kappa shape index (κ1) is 29.7. The van der Waals surface area contributed by atoms with Gasteiger partial charge in [-0.3, -0.25) is 19.3 Å². The number of nitrogens with one attached hydrogen (secondary N) is 1. The number of halogens is 3. The van der Waals surface area contributed by atoms with Crippen molar-refractivity contribution in [2.75, 3.05) is 24.7 Å². The van der Waals surface area contributed by atoms with Crippen LogP contribution in [0.3, 0.4) is 0 Å². The number of carbonyl (C=O) groups is 3. The third kappa shape index (κ3) is 5.32. The van der Waals surface area contributed by atoms with E-state index in [1.165, 1.54) is 12.1 Å². The average molecular weight is 602 g/mol. The van der Waals surface area contributed by atoms with Crippen molar-refractivity contribution in [3.63, 3.8) is 0 Å². The van der Waals surface area contributed by atoms with Crippen LogP contribution >= 0.6 is 0 Å². The lowest BCUT2D eigenvalue weighted by molar-refractivity contribution is -0.137. The van der Waals surface area contributed by atoms with Crippen LogP contribution in [0.25, 0.3) is 0 Å². The molecule has 43 heavy (non-hydrogen) atoms. The highest BCUT2D eigenvalue weighted by Gasteiger charge is 2.53. The number of nitrogens with zero attached hydrogens (tertiary/aromatic N) is 4. The molecule has 232 valence electrons. The van der Waals surface area contributed by atoms with Crippen molar-refractivity contribution in [1.29, 1.82) is 0 Å². The first-order valence-corrected chi connectivity index (χ1v) is 15.3. The summed E-state index contributed by atoms with van der Waals surface area (Å²) in [5.74, 6) is -1.19. The molecule has 0 unspecified atom stereocenters. The van der Waals surface area contributed by atoms with Gasteiger partial charge < -0.3 is 15.0 Å². The Morgan fingerprint density at radius 3 is 2.33 bits per heavy atom. The molecule has 9 nitrogen and oxygen atoms in total. The maximum atomic E-state index is 14.3. The number of ether oxygens (including phenoxy) is 1. The van der Waals surface area contributed by atoms with E-state index in [0.717, 1.165) is 37.8 Å². The van der Waals surface area contributed by atoms with Gasteiger partial charge in [-0.05, 0) is 83.4 Å². The van der Waals surface area contributed by atoms with Gasteiger partial charge in [-0.1, -0.05) is 6.07 Å². The molecule has 0 spiro atoms. The molecular formula is C31H38F3N5O4. The van der Waals surface area contributed by atoms with Crippen LogP contribution < -0.4 is 10.2 Å². The van der Waals surface area contributed by atoms with Crippen LogP contribution in [0, 0.1) is 5.92 Å². The first-order valence-electron chi connectivity index (χ1n) is 15.3. The second kappa shape index (κ2) is 11.3. The number of hydrogen-bond acceptors (Lipinski definition) is 5. The van der Waals surface area contributed by atoms with E-state index in [-0.39, 0.29) is 48.0 Å².